The Hall–Kier alpha value is -4.06. The number of phenolic OH excluding ortho intramolecular Hbond substituents is 1. The number of aliphatic carboxylic acids is 1. The monoisotopic (exact) mass is 495 g/mol. The number of aromatic hydroxyl groups is 1. The van der Waals surface area contributed by atoms with Crippen LogP contribution >= 0.6 is 0 Å². The molecule has 0 aliphatic rings. The molecular weight excluding hydrogens is 462 g/mol. The number of phenols is 1. The fourth-order valence-corrected chi connectivity index (χ4v) is 4.89. The number of nitrogens with zero attached hydrogens (tertiary/aromatic N) is 3. The summed E-state index contributed by atoms with van der Waals surface area (Å²) < 4.78 is 0. The fraction of sp³-hybridized carbons (Fsp3) is 0.290. The molecule has 2 unspecified atom stereocenters. The van der Waals surface area contributed by atoms with Gasteiger partial charge in [0, 0.05) is 11.1 Å². The Kier molecular flexibility index (Phi) is 7.97. The topological polar surface area (TPSA) is 96.2 Å². The average Bonchev–Trinajstić information content (AvgIpc) is 2.94. The van der Waals surface area contributed by atoms with Crippen LogP contribution in [0.3, 0.4) is 0 Å². The molecule has 0 aliphatic heterocycles. The van der Waals surface area contributed by atoms with Gasteiger partial charge in [-0.15, -0.1) is 0 Å². The number of hydrogen-bond donors (Lipinski definition) is 2. The van der Waals surface area contributed by atoms with Crippen molar-refractivity contribution in [3.8, 4) is 39.9 Å². The fourth-order valence-electron chi connectivity index (χ4n) is 4.89. The average molecular weight is 496 g/mol. The van der Waals surface area contributed by atoms with Crippen molar-refractivity contribution < 1.29 is 15.0 Å². The van der Waals surface area contributed by atoms with Crippen LogP contribution in [0.2, 0.25) is 0 Å². The summed E-state index contributed by atoms with van der Waals surface area (Å²) in [5.41, 5.74) is 2.05. The summed E-state index contributed by atoms with van der Waals surface area (Å²) in [5.74, 6) is 0.319. The van der Waals surface area contributed by atoms with Gasteiger partial charge in [0.15, 0.2) is 17.5 Å². The largest absolute Gasteiger partial charge is 0.507 e. The van der Waals surface area contributed by atoms with Crippen LogP contribution in [-0.4, -0.2) is 31.1 Å². The van der Waals surface area contributed by atoms with Crippen LogP contribution in [0.4, 0.5) is 0 Å². The number of carbonyl (C=O) groups is 1. The van der Waals surface area contributed by atoms with Crippen LogP contribution in [0.15, 0.2) is 78.9 Å². The second-order valence-electron chi connectivity index (χ2n) is 9.45. The van der Waals surface area contributed by atoms with Crippen molar-refractivity contribution >= 4 is 5.97 Å². The number of rotatable bonds is 10. The molecule has 0 amide bonds. The van der Waals surface area contributed by atoms with Crippen molar-refractivity contribution in [2.24, 2.45) is 5.41 Å². The van der Waals surface area contributed by atoms with Gasteiger partial charge >= 0.3 is 5.97 Å². The van der Waals surface area contributed by atoms with Crippen LogP contribution in [-0.2, 0) is 4.79 Å². The summed E-state index contributed by atoms with van der Waals surface area (Å²) in [7, 11) is 0. The van der Waals surface area contributed by atoms with E-state index in [4.69, 9.17) is 15.0 Å². The molecule has 3 aromatic carbocycles. The zero-order chi connectivity index (χ0) is 26.4. The Labute approximate surface area is 218 Å². The Morgan fingerprint density at radius 3 is 1.84 bits per heavy atom. The predicted molar refractivity (Wildman–Crippen MR) is 146 cm³/mol. The van der Waals surface area contributed by atoms with Gasteiger partial charge in [0.25, 0.3) is 0 Å². The maximum atomic E-state index is 12.4. The van der Waals surface area contributed by atoms with Crippen molar-refractivity contribution in [2.75, 3.05) is 0 Å². The number of benzene rings is 3. The van der Waals surface area contributed by atoms with Crippen molar-refractivity contribution in [2.45, 2.75) is 52.4 Å². The van der Waals surface area contributed by atoms with Gasteiger partial charge in [0.05, 0.1) is 11.0 Å². The SMILES string of the molecule is CCCCC(CC)(C(=O)O)C(C)c1ccc(-c2nc(-c3ccccc3)nc(-c3ccccc3)n2)c(O)c1. The van der Waals surface area contributed by atoms with E-state index in [0.29, 0.717) is 35.9 Å². The summed E-state index contributed by atoms with van der Waals surface area (Å²) >= 11 is 0. The third kappa shape index (κ3) is 5.38. The van der Waals surface area contributed by atoms with E-state index in [1.165, 1.54) is 0 Å². The molecule has 4 aromatic rings. The van der Waals surface area contributed by atoms with Gasteiger partial charge in [0.1, 0.15) is 5.75 Å². The molecule has 4 rings (SSSR count). The molecule has 2 N–H and O–H groups in total. The number of unbranched alkanes of at least 4 members (excludes halogenated alkanes) is 1. The van der Waals surface area contributed by atoms with E-state index in [1.54, 1.807) is 12.1 Å². The van der Waals surface area contributed by atoms with Crippen molar-refractivity contribution in [1.82, 2.24) is 15.0 Å². The first-order valence-electron chi connectivity index (χ1n) is 12.8. The van der Waals surface area contributed by atoms with Gasteiger partial charge < -0.3 is 10.2 Å². The Morgan fingerprint density at radius 2 is 1.38 bits per heavy atom. The molecule has 0 spiro atoms. The van der Waals surface area contributed by atoms with Gasteiger partial charge in [-0.1, -0.05) is 100 Å². The summed E-state index contributed by atoms with van der Waals surface area (Å²) in [5, 5.41) is 21.3. The van der Waals surface area contributed by atoms with E-state index >= 15 is 0 Å². The maximum absolute atomic E-state index is 12.4. The third-order valence-electron chi connectivity index (χ3n) is 7.32. The summed E-state index contributed by atoms with van der Waals surface area (Å²) in [6, 6.07) is 24.6. The second kappa shape index (κ2) is 11.3. The van der Waals surface area contributed by atoms with E-state index in [1.807, 2.05) is 80.6 Å². The van der Waals surface area contributed by atoms with Crippen molar-refractivity contribution in [3.63, 3.8) is 0 Å². The first-order chi connectivity index (χ1) is 17.9. The minimum Gasteiger partial charge on any atom is -0.507 e. The molecule has 0 aliphatic carbocycles. The van der Waals surface area contributed by atoms with Gasteiger partial charge in [-0.3, -0.25) is 4.79 Å². The lowest BCUT2D eigenvalue weighted by atomic mass is 9.68. The van der Waals surface area contributed by atoms with Crippen LogP contribution < -0.4 is 0 Å². The van der Waals surface area contributed by atoms with Crippen LogP contribution in [0.25, 0.3) is 34.2 Å². The molecule has 190 valence electrons. The number of aromatic nitrogens is 3. The molecule has 6 heteroatoms. The Balaban J connectivity index is 1.79. The second-order valence-corrected chi connectivity index (χ2v) is 9.45. The molecule has 1 heterocycles. The molecule has 6 nitrogen and oxygen atoms in total. The van der Waals surface area contributed by atoms with E-state index in [0.717, 1.165) is 29.5 Å². The zero-order valence-corrected chi connectivity index (χ0v) is 21.6. The molecular formula is C31H33N3O3. The minimum atomic E-state index is -0.891. The minimum absolute atomic E-state index is 0.0134. The standard InChI is InChI=1S/C31H33N3O3/c1-4-6-19-31(5-2,30(36)37)21(3)24-17-18-25(26(35)20-24)29-33-27(22-13-9-7-10-14-22)32-28(34-29)23-15-11-8-12-16-23/h7-18,20-21,35H,4-6,19H2,1-3H3,(H,36,37). The van der Waals surface area contributed by atoms with Crippen molar-refractivity contribution in [1.29, 1.82) is 0 Å². The highest BCUT2D eigenvalue weighted by molar-refractivity contribution is 5.76. The molecule has 1 aromatic heterocycles. The molecule has 0 saturated heterocycles. The lowest BCUT2D eigenvalue weighted by Gasteiger charge is -2.35. The molecule has 0 fully saturated rings. The van der Waals surface area contributed by atoms with E-state index in [-0.39, 0.29) is 11.7 Å². The quantitative estimate of drug-likeness (QED) is 0.239. The summed E-state index contributed by atoms with van der Waals surface area (Å²) in [6.45, 7) is 5.93. The first kappa shape index (κ1) is 26.0. The normalized spacial score (nSPS) is 13.6. The molecule has 2 atom stereocenters. The van der Waals surface area contributed by atoms with Gasteiger partial charge in [-0.05, 0) is 36.5 Å². The van der Waals surface area contributed by atoms with E-state index < -0.39 is 11.4 Å². The summed E-state index contributed by atoms with van der Waals surface area (Å²) in [6.07, 6.45) is 2.87. The number of carboxylic acid groups (broad SMARTS) is 1. The lowest BCUT2D eigenvalue weighted by molar-refractivity contribution is -0.151. The van der Waals surface area contributed by atoms with Crippen LogP contribution in [0.5, 0.6) is 5.75 Å². The highest BCUT2D eigenvalue weighted by atomic mass is 16.4. The number of carboxylic acids is 1. The first-order valence-corrected chi connectivity index (χ1v) is 12.8. The highest BCUT2D eigenvalue weighted by Crippen LogP contribution is 2.45. The van der Waals surface area contributed by atoms with Gasteiger partial charge in [-0.25, -0.2) is 15.0 Å². The third-order valence-corrected chi connectivity index (χ3v) is 7.32. The molecule has 0 radical (unpaired) electrons. The lowest BCUT2D eigenvalue weighted by Crippen LogP contribution is -2.35. The van der Waals surface area contributed by atoms with Crippen LogP contribution in [0.1, 0.15) is 57.9 Å². The van der Waals surface area contributed by atoms with E-state index in [9.17, 15) is 15.0 Å². The van der Waals surface area contributed by atoms with E-state index in [2.05, 4.69) is 6.92 Å². The highest BCUT2D eigenvalue weighted by Gasteiger charge is 2.42. The van der Waals surface area contributed by atoms with Gasteiger partial charge in [-0.2, -0.15) is 0 Å². The Bertz CT molecular complexity index is 1300. The molecule has 0 saturated carbocycles. The van der Waals surface area contributed by atoms with Gasteiger partial charge in [0.2, 0.25) is 0 Å². The Morgan fingerprint density at radius 1 is 0.838 bits per heavy atom. The molecule has 37 heavy (non-hydrogen) atoms. The maximum Gasteiger partial charge on any atom is 0.310 e. The van der Waals surface area contributed by atoms with Crippen molar-refractivity contribution in [3.05, 3.63) is 84.4 Å². The van der Waals surface area contributed by atoms with Crippen LogP contribution in [0, 0.1) is 5.41 Å². The zero-order valence-electron chi connectivity index (χ0n) is 21.6. The predicted octanol–water partition coefficient (Wildman–Crippen LogP) is 7.35. The molecule has 0 bridgehead atoms. The summed E-state index contributed by atoms with van der Waals surface area (Å²) in [4.78, 5) is 26.5. The smallest absolute Gasteiger partial charge is 0.310 e. The number of hydrogen-bond acceptors (Lipinski definition) is 5.